The van der Waals surface area contributed by atoms with Crippen molar-refractivity contribution in [3.05, 3.63) is 30.1 Å². The lowest BCUT2D eigenvalue weighted by Crippen LogP contribution is -2.52. The smallest absolute Gasteiger partial charge is 0.0270 e. The molecule has 0 saturated carbocycles. The van der Waals surface area contributed by atoms with Gasteiger partial charge in [0.05, 0.1) is 0 Å². The fourth-order valence-electron chi connectivity index (χ4n) is 2.79. The molecule has 19 heavy (non-hydrogen) atoms. The van der Waals surface area contributed by atoms with Crippen LogP contribution >= 0.6 is 0 Å². The molecule has 0 amide bonds. The monoisotopic (exact) mass is 262 g/mol. The van der Waals surface area contributed by atoms with Crippen molar-refractivity contribution in [3.8, 4) is 0 Å². The van der Waals surface area contributed by atoms with Crippen LogP contribution in [0.1, 0.15) is 12.0 Å². The second-order valence-electron chi connectivity index (χ2n) is 5.68. The molecule has 1 N–H and O–H groups in total. The van der Waals surface area contributed by atoms with E-state index in [2.05, 4.69) is 53.4 Å². The molecule has 1 aromatic rings. The number of nitrogens with one attached hydrogen (secondary N) is 1. The van der Waals surface area contributed by atoms with E-state index in [9.17, 15) is 0 Å². The molecular formula is C15H26N4. The van der Waals surface area contributed by atoms with Crippen LogP contribution in [0, 0.1) is 0 Å². The van der Waals surface area contributed by atoms with Crippen LogP contribution in [0.3, 0.4) is 0 Å². The Balaban J connectivity index is 1.91. The standard InChI is InChI=1S/C15H26N4/c1-16-14(10-13-4-6-17-7-5-13)11-15-12-18(2)8-9-19(15)3/h4-7,14-16H,8-12H2,1-3H3. The third kappa shape index (κ3) is 4.27. The van der Waals surface area contributed by atoms with Gasteiger partial charge in [-0.05, 0) is 51.7 Å². The van der Waals surface area contributed by atoms with Crippen molar-refractivity contribution >= 4 is 0 Å². The summed E-state index contributed by atoms with van der Waals surface area (Å²) < 4.78 is 0. The minimum absolute atomic E-state index is 0.529. The first-order valence-corrected chi connectivity index (χ1v) is 7.14. The summed E-state index contributed by atoms with van der Waals surface area (Å²) in [6, 6.07) is 5.40. The fourth-order valence-corrected chi connectivity index (χ4v) is 2.79. The number of pyridine rings is 1. The molecule has 4 heteroatoms. The van der Waals surface area contributed by atoms with Crippen LogP contribution in [0.25, 0.3) is 0 Å². The summed E-state index contributed by atoms with van der Waals surface area (Å²) in [4.78, 5) is 9.01. The van der Waals surface area contributed by atoms with Gasteiger partial charge in [0.1, 0.15) is 0 Å². The van der Waals surface area contributed by atoms with Crippen LogP contribution in [-0.4, -0.2) is 67.6 Å². The molecule has 0 spiro atoms. The molecule has 0 radical (unpaired) electrons. The van der Waals surface area contributed by atoms with Crippen LogP contribution in [0.4, 0.5) is 0 Å². The van der Waals surface area contributed by atoms with Crippen LogP contribution < -0.4 is 5.32 Å². The maximum absolute atomic E-state index is 4.08. The van der Waals surface area contributed by atoms with E-state index in [1.54, 1.807) is 0 Å². The van der Waals surface area contributed by atoms with Crippen molar-refractivity contribution in [1.82, 2.24) is 20.1 Å². The zero-order chi connectivity index (χ0) is 13.7. The Hall–Kier alpha value is -0.970. The zero-order valence-corrected chi connectivity index (χ0v) is 12.3. The maximum atomic E-state index is 4.08. The van der Waals surface area contributed by atoms with E-state index in [0.29, 0.717) is 12.1 Å². The van der Waals surface area contributed by atoms with Gasteiger partial charge < -0.3 is 15.1 Å². The Labute approximate surface area is 116 Å². The number of likely N-dealkylation sites (N-methyl/N-ethyl adjacent to an activating group) is 3. The van der Waals surface area contributed by atoms with Crippen LogP contribution in [0.15, 0.2) is 24.5 Å². The Morgan fingerprint density at radius 2 is 2.05 bits per heavy atom. The quantitative estimate of drug-likeness (QED) is 0.852. The summed E-state index contributed by atoms with van der Waals surface area (Å²) in [6.07, 6.45) is 6.03. The van der Waals surface area contributed by atoms with Crippen molar-refractivity contribution in [2.24, 2.45) is 0 Å². The number of nitrogens with zero attached hydrogens (tertiary/aromatic N) is 3. The van der Waals surface area contributed by atoms with E-state index >= 15 is 0 Å². The van der Waals surface area contributed by atoms with Gasteiger partial charge >= 0.3 is 0 Å². The molecule has 0 aromatic carbocycles. The van der Waals surface area contributed by atoms with E-state index in [-0.39, 0.29) is 0 Å². The molecule has 1 aliphatic heterocycles. The van der Waals surface area contributed by atoms with Crippen molar-refractivity contribution < 1.29 is 0 Å². The van der Waals surface area contributed by atoms with E-state index in [4.69, 9.17) is 0 Å². The molecule has 2 unspecified atom stereocenters. The summed E-state index contributed by atoms with van der Waals surface area (Å²) in [7, 11) is 6.53. The number of piperazine rings is 1. The van der Waals surface area contributed by atoms with Crippen molar-refractivity contribution in [2.75, 3.05) is 40.8 Å². The van der Waals surface area contributed by atoms with Gasteiger partial charge in [-0.2, -0.15) is 0 Å². The van der Waals surface area contributed by atoms with Crippen LogP contribution in [0.5, 0.6) is 0 Å². The maximum Gasteiger partial charge on any atom is 0.0270 e. The first-order chi connectivity index (χ1) is 9.19. The second-order valence-corrected chi connectivity index (χ2v) is 5.68. The first-order valence-electron chi connectivity index (χ1n) is 7.14. The molecule has 2 atom stereocenters. The first kappa shape index (κ1) is 14.4. The van der Waals surface area contributed by atoms with Gasteiger partial charge in [-0.15, -0.1) is 0 Å². The molecule has 2 heterocycles. The molecule has 1 aromatic heterocycles. The zero-order valence-electron chi connectivity index (χ0n) is 12.3. The van der Waals surface area contributed by atoms with Crippen LogP contribution in [-0.2, 0) is 6.42 Å². The highest BCUT2D eigenvalue weighted by Gasteiger charge is 2.24. The molecular weight excluding hydrogens is 236 g/mol. The lowest BCUT2D eigenvalue weighted by atomic mass is 9.98. The SMILES string of the molecule is CNC(Cc1ccncc1)CC1CN(C)CCN1C. The van der Waals surface area contributed by atoms with E-state index in [1.165, 1.54) is 31.6 Å². The van der Waals surface area contributed by atoms with Crippen LogP contribution in [0.2, 0.25) is 0 Å². The molecule has 106 valence electrons. The van der Waals surface area contributed by atoms with Crippen molar-refractivity contribution in [1.29, 1.82) is 0 Å². The topological polar surface area (TPSA) is 31.4 Å². The molecule has 1 saturated heterocycles. The highest BCUT2D eigenvalue weighted by atomic mass is 15.3. The minimum Gasteiger partial charge on any atom is -0.317 e. The summed E-state index contributed by atoms with van der Waals surface area (Å²) >= 11 is 0. The van der Waals surface area contributed by atoms with Crippen molar-refractivity contribution in [3.63, 3.8) is 0 Å². The second kappa shape index (κ2) is 6.98. The van der Waals surface area contributed by atoms with Gasteiger partial charge in [0.15, 0.2) is 0 Å². The summed E-state index contributed by atoms with van der Waals surface area (Å²) in [5.41, 5.74) is 1.36. The minimum atomic E-state index is 0.529. The molecule has 4 nitrogen and oxygen atoms in total. The lowest BCUT2D eigenvalue weighted by Gasteiger charge is -2.39. The summed E-state index contributed by atoms with van der Waals surface area (Å²) in [6.45, 7) is 3.53. The van der Waals surface area contributed by atoms with Gasteiger partial charge in [0, 0.05) is 44.1 Å². The largest absolute Gasteiger partial charge is 0.317 e. The average Bonchev–Trinajstić information content (AvgIpc) is 2.43. The Kier molecular flexibility index (Phi) is 5.31. The predicted octanol–water partition coefficient (Wildman–Crippen LogP) is 0.848. The number of rotatable bonds is 5. The highest BCUT2D eigenvalue weighted by molar-refractivity contribution is 5.11. The lowest BCUT2D eigenvalue weighted by molar-refractivity contribution is 0.102. The number of hydrogen-bond acceptors (Lipinski definition) is 4. The van der Waals surface area contributed by atoms with Gasteiger partial charge in [-0.25, -0.2) is 0 Å². The third-order valence-corrected chi connectivity index (χ3v) is 4.18. The normalized spacial score (nSPS) is 23.4. The van der Waals surface area contributed by atoms with Gasteiger partial charge in [-0.3, -0.25) is 4.98 Å². The Morgan fingerprint density at radius 3 is 2.74 bits per heavy atom. The van der Waals surface area contributed by atoms with E-state index in [0.717, 1.165) is 6.42 Å². The Bertz CT molecular complexity index is 368. The molecule has 2 rings (SSSR count). The summed E-state index contributed by atoms with van der Waals surface area (Å²) in [5, 5.41) is 3.47. The van der Waals surface area contributed by atoms with E-state index in [1.807, 2.05) is 12.4 Å². The highest BCUT2D eigenvalue weighted by Crippen LogP contribution is 2.14. The molecule has 1 aliphatic rings. The number of aromatic nitrogens is 1. The predicted molar refractivity (Wildman–Crippen MR) is 79.3 cm³/mol. The van der Waals surface area contributed by atoms with Gasteiger partial charge in [0.2, 0.25) is 0 Å². The molecule has 0 aliphatic carbocycles. The van der Waals surface area contributed by atoms with Gasteiger partial charge in [-0.1, -0.05) is 0 Å². The average molecular weight is 262 g/mol. The number of hydrogen-bond donors (Lipinski definition) is 1. The van der Waals surface area contributed by atoms with Crippen molar-refractivity contribution in [2.45, 2.75) is 24.9 Å². The Morgan fingerprint density at radius 1 is 1.32 bits per heavy atom. The summed E-state index contributed by atoms with van der Waals surface area (Å²) in [5.74, 6) is 0. The fraction of sp³-hybridized carbons (Fsp3) is 0.667. The molecule has 1 fully saturated rings. The van der Waals surface area contributed by atoms with Gasteiger partial charge in [0.25, 0.3) is 0 Å². The van der Waals surface area contributed by atoms with E-state index < -0.39 is 0 Å². The third-order valence-electron chi connectivity index (χ3n) is 4.18. The molecule has 0 bridgehead atoms.